The van der Waals surface area contributed by atoms with Gasteiger partial charge in [-0.3, -0.25) is 4.79 Å². The Kier molecular flexibility index (Phi) is 4.20. The summed E-state index contributed by atoms with van der Waals surface area (Å²) in [6, 6.07) is 9.89. The Morgan fingerprint density at radius 2 is 2.00 bits per heavy atom. The van der Waals surface area contributed by atoms with Crippen molar-refractivity contribution in [2.45, 2.75) is 12.5 Å². The number of nitrogens with zero attached hydrogens (tertiary/aromatic N) is 1. The first kappa shape index (κ1) is 16.0. The lowest BCUT2D eigenvalue weighted by Crippen LogP contribution is -2.43. The molecule has 6 heteroatoms. The van der Waals surface area contributed by atoms with Crippen molar-refractivity contribution in [3.8, 4) is 5.75 Å². The van der Waals surface area contributed by atoms with Gasteiger partial charge >= 0.3 is 5.97 Å². The second-order valence-corrected chi connectivity index (χ2v) is 5.53. The van der Waals surface area contributed by atoms with Gasteiger partial charge in [0.2, 0.25) is 0 Å². The van der Waals surface area contributed by atoms with Crippen molar-refractivity contribution in [3.63, 3.8) is 0 Å². The molecule has 24 heavy (non-hydrogen) atoms. The Bertz CT molecular complexity index is 805. The molecule has 0 bridgehead atoms. The molecule has 2 aromatic carbocycles. The number of methoxy groups -OCH3 is 1. The summed E-state index contributed by atoms with van der Waals surface area (Å²) >= 11 is 0. The van der Waals surface area contributed by atoms with E-state index in [4.69, 9.17) is 4.74 Å². The van der Waals surface area contributed by atoms with E-state index in [1.807, 2.05) is 12.1 Å². The zero-order chi connectivity index (χ0) is 17.3. The molecule has 0 saturated carbocycles. The van der Waals surface area contributed by atoms with Crippen LogP contribution in [0, 0.1) is 5.82 Å². The summed E-state index contributed by atoms with van der Waals surface area (Å²) in [6.45, 7) is 0.221. The number of carboxylic acid groups (broad SMARTS) is 1. The molecule has 1 aliphatic heterocycles. The maximum Gasteiger partial charge on any atom is 0.331 e. The third-order valence-corrected chi connectivity index (χ3v) is 4.18. The Morgan fingerprint density at radius 1 is 1.25 bits per heavy atom. The van der Waals surface area contributed by atoms with Gasteiger partial charge < -0.3 is 14.7 Å². The van der Waals surface area contributed by atoms with Crippen LogP contribution in [0.1, 0.15) is 27.5 Å². The average Bonchev–Trinajstić information content (AvgIpc) is 2.59. The smallest absolute Gasteiger partial charge is 0.331 e. The highest BCUT2D eigenvalue weighted by Gasteiger charge is 2.36. The second-order valence-electron chi connectivity index (χ2n) is 5.53. The maximum absolute atomic E-state index is 14.2. The minimum Gasteiger partial charge on any atom is -0.497 e. The van der Waals surface area contributed by atoms with E-state index in [1.165, 1.54) is 24.1 Å². The third kappa shape index (κ3) is 2.71. The molecule has 0 fully saturated rings. The van der Waals surface area contributed by atoms with E-state index >= 15 is 0 Å². The fourth-order valence-electron chi connectivity index (χ4n) is 3.00. The lowest BCUT2D eigenvalue weighted by molar-refractivity contribution is -0.143. The van der Waals surface area contributed by atoms with E-state index in [9.17, 15) is 19.1 Å². The number of benzene rings is 2. The molecule has 1 aliphatic rings. The molecule has 2 aromatic rings. The molecule has 0 aromatic heterocycles. The van der Waals surface area contributed by atoms with E-state index in [0.29, 0.717) is 17.7 Å². The molecule has 1 N–H and O–H groups in total. The number of fused-ring (bicyclic) bond motifs is 1. The highest BCUT2D eigenvalue weighted by molar-refractivity contribution is 5.97. The Hall–Kier alpha value is -2.89. The summed E-state index contributed by atoms with van der Waals surface area (Å²) in [5.41, 5.74) is 1.30. The summed E-state index contributed by atoms with van der Waals surface area (Å²) in [5, 5.41) is 9.60. The molecule has 1 heterocycles. The van der Waals surface area contributed by atoms with E-state index in [0.717, 1.165) is 11.6 Å². The molecular weight excluding hydrogens is 313 g/mol. The lowest BCUT2D eigenvalue weighted by Gasteiger charge is -2.34. The van der Waals surface area contributed by atoms with Gasteiger partial charge in [0.1, 0.15) is 11.6 Å². The lowest BCUT2D eigenvalue weighted by atomic mass is 9.92. The minimum atomic E-state index is -1.13. The van der Waals surface area contributed by atoms with Gasteiger partial charge in [-0.15, -0.1) is 0 Å². The molecule has 0 aliphatic carbocycles. The summed E-state index contributed by atoms with van der Waals surface area (Å²) in [4.78, 5) is 25.7. The van der Waals surface area contributed by atoms with E-state index in [2.05, 4.69) is 0 Å². The predicted molar refractivity (Wildman–Crippen MR) is 84.5 cm³/mol. The van der Waals surface area contributed by atoms with Crippen LogP contribution in [-0.2, 0) is 11.2 Å². The molecule has 1 atom stereocenters. The fraction of sp³-hybridized carbons (Fsp3) is 0.222. The van der Waals surface area contributed by atoms with Crippen LogP contribution in [0.2, 0.25) is 0 Å². The van der Waals surface area contributed by atoms with Crippen molar-refractivity contribution in [2.75, 3.05) is 13.7 Å². The summed E-state index contributed by atoms with van der Waals surface area (Å²) in [5.74, 6) is -2.22. The van der Waals surface area contributed by atoms with Crippen molar-refractivity contribution in [2.24, 2.45) is 0 Å². The molecule has 1 unspecified atom stereocenters. The maximum atomic E-state index is 14.2. The Labute approximate surface area is 138 Å². The molecule has 124 valence electrons. The van der Waals surface area contributed by atoms with Gasteiger partial charge in [0, 0.05) is 12.6 Å². The molecule has 1 amide bonds. The van der Waals surface area contributed by atoms with Crippen LogP contribution in [0.15, 0.2) is 42.5 Å². The molecule has 0 spiro atoms. The topological polar surface area (TPSA) is 66.8 Å². The number of rotatable bonds is 3. The number of hydrogen-bond donors (Lipinski definition) is 1. The summed E-state index contributed by atoms with van der Waals surface area (Å²) in [6.07, 6.45) is 0.531. The van der Waals surface area contributed by atoms with Crippen molar-refractivity contribution < 1.29 is 23.8 Å². The van der Waals surface area contributed by atoms with Gasteiger partial charge in [0.05, 0.1) is 12.7 Å². The van der Waals surface area contributed by atoms with Gasteiger partial charge in [-0.25, -0.2) is 9.18 Å². The second kappa shape index (κ2) is 6.31. The standard InChI is InChI=1S/C18H16FNO4/c1-24-12-6-7-14(15(19)10-12)17(21)20-9-8-11-4-2-3-5-13(11)16(20)18(22)23/h2-7,10,16H,8-9H2,1H3,(H,22,23). The number of carbonyl (C=O) groups excluding carboxylic acids is 1. The SMILES string of the molecule is COc1ccc(C(=O)N2CCc3ccccc3C2C(=O)O)c(F)c1. The highest BCUT2D eigenvalue weighted by Crippen LogP contribution is 2.31. The fourth-order valence-corrected chi connectivity index (χ4v) is 3.00. The zero-order valence-electron chi connectivity index (χ0n) is 13.0. The van der Waals surface area contributed by atoms with Crippen LogP contribution >= 0.6 is 0 Å². The van der Waals surface area contributed by atoms with E-state index in [-0.39, 0.29) is 12.1 Å². The zero-order valence-corrected chi connectivity index (χ0v) is 13.0. The van der Waals surface area contributed by atoms with Gasteiger partial charge in [-0.2, -0.15) is 0 Å². The number of carbonyl (C=O) groups is 2. The average molecular weight is 329 g/mol. The molecule has 0 radical (unpaired) electrons. The van der Waals surface area contributed by atoms with E-state index in [1.54, 1.807) is 12.1 Å². The largest absolute Gasteiger partial charge is 0.497 e. The molecule has 3 rings (SSSR count). The summed E-state index contributed by atoms with van der Waals surface area (Å²) < 4.78 is 19.1. The number of hydrogen-bond acceptors (Lipinski definition) is 3. The molecule has 5 nitrogen and oxygen atoms in total. The number of halogens is 1. The Balaban J connectivity index is 1.99. The van der Waals surface area contributed by atoms with Gasteiger partial charge in [-0.05, 0) is 29.7 Å². The van der Waals surface area contributed by atoms with Gasteiger partial charge in [-0.1, -0.05) is 24.3 Å². The van der Waals surface area contributed by atoms with Crippen LogP contribution < -0.4 is 4.74 Å². The normalized spacial score (nSPS) is 16.4. The number of aliphatic carboxylic acids is 1. The number of amides is 1. The third-order valence-electron chi connectivity index (χ3n) is 4.18. The molecule has 0 saturated heterocycles. The van der Waals surface area contributed by atoms with Gasteiger partial charge in [0.25, 0.3) is 5.91 Å². The van der Waals surface area contributed by atoms with Crippen LogP contribution in [0.3, 0.4) is 0 Å². The minimum absolute atomic E-state index is 0.165. The van der Waals surface area contributed by atoms with Crippen molar-refractivity contribution >= 4 is 11.9 Å². The van der Waals surface area contributed by atoms with Crippen LogP contribution in [-0.4, -0.2) is 35.5 Å². The van der Waals surface area contributed by atoms with Crippen LogP contribution in [0.25, 0.3) is 0 Å². The van der Waals surface area contributed by atoms with Gasteiger partial charge in [0.15, 0.2) is 6.04 Å². The Morgan fingerprint density at radius 3 is 2.67 bits per heavy atom. The number of carboxylic acids is 1. The number of ether oxygens (including phenoxy) is 1. The monoisotopic (exact) mass is 329 g/mol. The first-order valence-corrected chi connectivity index (χ1v) is 7.48. The van der Waals surface area contributed by atoms with Crippen molar-refractivity contribution in [1.82, 2.24) is 4.90 Å². The predicted octanol–water partition coefficient (Wildman–Crippen LogP) is 2.66. The highest BCUT2D eigenvalue weighted by atomic mass is 19.1. The van der Waals surface area contributed by atoms with Crippen LogP contribution in [0.5, 0.6) is 5.75 Å². The first-order chi connectivity index (χ1) is 11.5. The van der Waals surface area contributed by atoms with Crippen molar-refractivity contribution in [3.05, 3.63) is 65.0 Å². The summed E-state index contributed by atoms with van der Waals surface area (Å²) in [7, 11) is 1.40. The van der Waals surface area contributed by atoms with Crippen LogP contribution in [0.4, 0.5) is 4.39 Å². The first-order valence-electron chi connectivity index (χ1n) is 7.48. The molecular formula is C18H16FNO4. The quantitative estimate of drug-likeness (QED) is 0.940. The van der Waals surface area contributed by atoms with E-state index < -0.39 is 23.7 Å². The van der Waals surface area contributed by atoms with Crippen molar-refractivity contribution in [1.29, 1.82) is 0 Å².